The molecule has 1 N–H and O–H groups in total. The van der Waals surface area contributed by atoms with Crippen LogP contribution < -0.4 is 4.74 Å². The maximum atomic E-state index is 13.1. The molecular formula is C22H20N2O3S. The van der Waals surface area contributed by atoms with E-state index in [1.165, 1.54) is 16.7 Å². The second-order valence-electron chi connectivity index (χ2n) is 7.06. The van der Waals surface area contributed by atoms with Crippen molar-refractivity contribution in [2.24, 2.45) is 0 Å². The van der Waals surface area contributed by atoms with E-state index >= 15 is 0 Å². The Hall–Kier alpha value is -2.75. The van der Waals surface area contributed by atoms with Crippen molar-refractivity contribution >= 4 is 17.7 Å². The van der Waals surface area contributed by atoms with Crippen LogP contribution in [0.25, 0.3) is 0 Å². The van der Waals surface area contributed by atoms with Crippen LogP contribution in [0.4, 0.5) is 0 Å². The smallest absolute Gasteiger partial charge is 0.231 e. The van der Waals surface area contributed by atoms with E-state index < -0.39 is 5.72 Å². The number of allylic oxidation sites excluding steroid dienone is 1. The molecule has 0 saturated carbocycles. The molecule has 1 amide bonds. The van der Waals surface area contributed by atoms with Gasteiger partial charge in [0.05, 0.1) is 29.5 Å². The molecule has 1 saturated heterocycles. The minimum Gasteiger partial charge on any atom is -0.497 e. The van der Waals surface area contributed by atoms with Crippen molar-refractivity contribution in [3.8, 4) is 11.8 Å². The first-order valence-corrected chi connectivity index (χ1v) is 10.00. The Labute approximate surface area is 168 Å². The van der Waals surface area contributed by atoms with E-state index in [4.69, 9.17) is 4.74 Å². The first-order chi connectivity index (χ1) is 13.5. The summed E-state index contributed by atoms with van der Waals surface area (Å²) < 4.78 is 5.18. The van der Waals surface area contributed by atoms with Crippen LogP contribution in [-0.2, 0) is 10.5 Å². The van der Waals surface area contributed by atoms with Gasteiger partial charge in [-0.15, -0.1) is 11.8 Å². The second-order valence-corrected chi connectivity index (χ2v) is 8.03. The van der Waals surface area contributed by atoms with E-state index in [0.29, 0.717) is 21.9 Å². The summed E-state index contributed by atoms with van der Waals surface area (Å²) in [5.74, 6) is 0.500. The predicted molar refractivity (Wildman–Crippen MR) is 107 cm³/mol. The first-order valence-electron chi connectivity index (χ1n) is 9.01. The molecule has 2 heterocycles. The van der Waals surface area contributed by atoms with E-state index in [1.807, 2.05) is 31.2 Å². The Morgan fingerprint density at radius 1 is 1.21 bits per heavy atom. The molecule has 0 spiro atoms. The molecule has 2 aromatic rings. The normalized spacial score (nSPS) is 24.1. The molecule has 2 atom stereocenters. The Balaban J connectivity index is 1.77. The number of nitrogens with zero attached hydrogens (tertiary/aromatic N) is 2. The monoisotopic (exact) mass is 392 g/mol. The fourth-order valence-corrected chi connectivity index (χ4v) is 5.14. The van der Waals surface area contributed by atoms with Gasteiger partial charge in [-0.3, -0.25) is 9.69 Å². The van der Waals surface area contributed by atoms with Gasteiger partial charge < -0.3 is 9.84 Å². The lowest BCUT2D eigenvalue weighted by Crippen LogP contribution is -2.48. The number of amides is 1. The van der Waals surface area contributed by atoms with Crippen LogP contribution in [0.2, 0.25) is 0 Å². The van der Waals surface area contributed by atoms with Crippen LogP contribution >= 0.6 is 11.8 Å². The molecule has 142 valence electrons. The number of aliphatic hydroxyl groups is 1. The summed E-state index contributed by atoms with van der Waals surface area (Å²) in [6.45, 7) is 2.00. The van der Waals surface area contributed by atoms with E-state index in [1.54, 1.807) is 31.4 Å². The van der Waals surface area contributed by atoms with Gasteiger partial charge >= 0.3 is 0 Å². The molecule has 28 heavy (non-hydrogen) atoms. The van der Waals surface area contributed by atoms with Gasteiger partial charge in [-0.1, -0.05) is 42.0 Å². The van der Waals surface area contributed by atoms with Crippen molar-refractivity contribution in [1.29, 1.82) is 5.26 Å². The third-order valence-corrected chi connectivity index (χ3v) is 6.57. The lowest BCUT2D eigenvalue weighted by Gasteiger charge is -2.38. The molecule has 1 fully saturated rings. The van der Waals surface area contributed by atoms with Crippen molar-refractivity contribution in [2.75, 3.05) is 12.9 Å². The van der Waals surface area contributed by atoms with E-state index in [-0.39, 0.29) is 24.0 Å². The number of carbonyl (C=O) groups excluding carboxylic acids is 1. The first kappa shape index (κ1) is 18.6. The van der Waals surface area contributed by atoms with Crippen molar-refractivity contribution < 1.29 is 14.6 Å². The molecule has 0 unspecified atom stereocenters. The molecule has 0 aliphatic carbocycles. The molecule has 0 aromatic heterocycles. The van der Waals surface area contributed by atoms with Gasteiger partial charge in [0.25, 0.3) is 0 Å². The summed E-state index contributed by atoms with van der Waals surface area (Å²) in [4.78, 5) is 14.5. The summed E-state index contributed by atoms with van der Waals surface area (Å²) in [6.07, 6.45) is 0.161. The van der Waals surface area contributed by atoms with Gasteiger partial charge in [-0.05, 0) is 24.6 Å². The van der Waals surface area contributed by atoms with Crippen LogP contribution in [-0.4, -0.2) is 28.8 Å². The maximum absolute atomic E-state index is 13.1. The molecule has 4 rings (SSSR count). The Morgan fingerprint density at radius 2 is 1.89 bits per heavy atom. The molecule has 2 aromatic carbocycles. The van der Waals surface area contributed by atoms with Gasteiger partial charge in [-0.25, -0.2) is 0 Å². The molecule has 0 radical (unpaired) electrons. The topological polar surface area (TPSA) is 73.6 Å². The lowest BCUT2D eigenvalue weighted by atomic mass is 9.85. The zero-order valence-corrected chi connectivity index (χ0v) is 16.5. The van der Waals surface area contributed by atoms with E-state index in [2.05, 4.69) is 6.07 Å². The van der Waals surface area contributed by atoms with Gasteiger partial charge in [0.1, 0.15) is 5.75 Å². The summed E-state index contributed by atoms with van der Waals surface area (Å²) in [5.41, 5.74) is 1.75. The van der Waals surface area contributed by atoms with Crippen molar-refractivity contribution in [3.63, 3.8) is 0 Å². The zero-order chi connectivity index (χ0) is 19.9. The SMILES string of the molecule is COc1ccc([C@@]2(O)CSC3=C(C#N)[C@H](c4ccc(C)cc4)CC(=O)N32)cc1. The molecule has 6 heteroatoms. The van der Waals surface area contributed by atoms with Crippen molar-refractivity contribution in [3.05, 3.63) is 75.8 Å². The number of aryl methyl sites for hydroxylation is 1. The predicted octanol–water partition coefficient (Wildman–Crippen LogP) is 3.65. The number of benzene rings is 2. The van der Waals surface area contributed by atoms with Crippen LogP contribution in [0.1, 0.15) is 29.0 Å². The van der Waals surface area contributed by atoms with Gasteiger partial charge in [-0.2, -0.15) is 5.26 Å². The average Bonchev–Trinajstić information content (AvgIpc) is 3.08. The van der Waals surface area contributed by atoms with Crippen molar-refractivity contribution in [2.45, 2.75) is 25.0 Å². The highest BCUT2D eigenvalue weighted by Gasteiger charge is 2.51. The number of methoxy groups -OCH3 is 1. The fourth-order valence-electron chi connectivity index (χ4n) is 3.78. The molecular weight excluding hydrogens is 372 g/mol. The number of thioether (sulfide) groups is 1. The number of rotatable bonds is 3. The highest BCUT2D eigenvalue weighted by Crippen LogP contribution is 2.51. The largest absolute Gasteiger partial charge is 0.497 e. The number of fused-ring (bicyclic) bond motifs is 1. The second kappa shape index (κ2) is 7.01. The summed E-state index contributed by atoms with van der Waals surface area (Å²) in [6, 6.07) is 17.2. The van der Waals surface area contributed by atoms with Crippen molar-refractivity contribution in [1.82, 2.24) is 4.90 Å². The van der Waals surface area contributed by atoms with Crippen LogP contribution in [0.3, 0.4) is 0 Å². The molecule has 2 aliphatic rings. The Morgan fingerprint density at radius 3 is 2.50 bits per heavy atom. The molecule has 5 nitrogen and oxygen atoms in total. The minimum atomic E-state index is -1.47. The third kappa shape index (κ3) is 2.88. The Kier molecular flexibility index (Phi) is 4.66. The van der Waals surface area contributed by atoms with Gasteiger partial charge in [0, 0.05) is 17.9 Å². The summed E-state index contributed by atoms with van der Waals surface area (Å²) in [7, 11) is 1.58. The third-order valence-electron chi connectivity index (χ3n) is 5.34. The molecule has 0 bridgehead atoms. The number of ether oxygens (including phenoxy) is 1. The fraction of sp³-hybridized carbons (Fsp3) is 0.273. The summed E-state index contributed by atoms with van der Waals surface area (Å²) in [5, 5.41) is 21.8. The van der Waals surface area contributed by atoms with Crippen LogP contribution in [0, 0.1) is 18.3 Å². The number of hydrogen-bond acceptors (Lipinski definition) is 5. The number of nitriles is 1. The Bertz CT molecular complexity index is 992. The highest BCUT2D eigenvalue weighted by atomic mass is 32.2. The van der Waals surface area contributed by atoms with Gasteiger partial charge in [0.15, 0.2) is 5.72 Å². The zero-order valence-electron chi connectivity index (χ0n) is 15.7. The number of hydrogen-bond donors (Lipinski definition) is 1. The van der Waals surface area contributed by atoms with E-state index in [9.17, 15) is 15.2 Å². The quantitative estimate of drug-likeness (QED) is 0.863. The lowest BCUT2D eigenvalue weighted by molar-refractivity contribution is -0.149. The average molecular weight is 392 g/mol. The highest BCUT2D eigenvalue weighted by molar-refractivity contribution is 8.03. The van der Waals surface area contributed by atoms with E-state index in [0.717, 1.165) is 11.1 Å². The number of carbonyl (C=O) groups is 1. The minimum absolute atomic E-state index is 0.161. The maximum Gasteiger partial charge on any atom is 0.231 e. The summed E-state index contributed by atoms with van der Waals surface area (Å²) >= 11 is 1.36. The van der Waals surface area contributed by atoms with Crippen LogP contribution in [0.5, 0.6) is 5.75 Å². The standard InChI is InChI=1S/C22H20N2O3S/c1-14-3-5-15(6-4-14)18-11-20(25)24-21(19(18)12-23)28-13-22(24,26)16-7-9-17(27-2)10-8-16/h3-10,18,26H,11,13H2,1-2H3/t18-,22-/m0/s1. The van der Waals surface area contributed by atoms with Gasteiger partial charge in [0.2, 0.25) is 5.91 Å². The molecule has 2 aliphatic heterocycles. The van der Waals surface area contributed by atoms with Crippen LogP contribution in [0.15, 0.2) is 59.1 Å².